The van der Waals surface area contributed by atoms with Crippen LogP contribution in [-0.4, -0.2) is 22.4 Å². The summed E-state index contributed by atoms with van der Waals surface area (Å²) >= 11 is 5.85. The predicted molar refractivity (Wildman–Crippen MR) is 69.8 cm³/mol. The highest BCUT2D eigenvalue weighted by Gasteiger charge is 2.43. The summed E-state index contributed by atoms with van der Waals surface area (Å²) in [4.78, 5) is 20.6. The second-order valence-electron chi connectivity index (χ2n) is 5.10. The molecule has 0 saturated heterocycles. The summed E-state index contributed by atoms with van der Waals surface area (Å²) in [6.45, 7) is 2.44. The lowest BCUT2D eigenvalue weighted by atomic mass is 9.85. The monoisotopic (exact) mass is 266 g/mol. The number of carbonyl (C=O) groups is 1. The van der Waals surface area contributed by atoms with Gasteiger partial charge < -0.3 is 10.6 Å². The van der Waals surface area contributed by atoms with Gasteiger partial charge >= 0.3 is 0 Å². The van der Waals surface area contributed by atoms with Crippen molar-refractivity contribution in [3.8, 4) is 0 Å². The zero-order chi connectivity index (χ0) is 12.8. The standard InChI is InChI=1S/C12H15ClN4O/c1-7-8-9(17-11(13)15-7)14-6-12(10(18)16-8)4-2-3-5-12/h2-6H2,1H3,(H,16,18)(H,14,15,17). The average Bonchev–Trinajstić information content (AvgIpc) is 2.74. The molecule has 6 heteroatoms. The fourth-order valence-electron chi connectivity index (χ4n) is 2.85. The van der Waals surface area contributed by atoms with Gasteiger partial charge in [-0.2, -0.15) is 4.98 Å². The van der Waals surface area contributed by atoms with E-state index in [2.05, 4.69) is 20.6 Å². The molecule has 5 nitrogen and oxygen atoms in total. The molecule has 0 aromatic carbocycles. The summed E-state index contributed by atoms with van der Waals surface area (Å²) in [5, 5.41) is 6.42. The fourth-order valence-corrected chi connectivity index (χ4v) is 3.06. The number of anilines is 2. The maximum atomic E-state index is 12.4. The summed E-state index contributed by atoms with van der Waals surface area (Å²) in [5.41, 5.74) is 1.06. The molecule has 1 amide bonds. The molecule has 0 atom stereocenters. The summed E-state index contributed by atoms with van der Waals surface area (Å²) in [6.07, 6.45) is 4.08. The number of hydrogen-bond donors (Lipinski definition) is 2. The molecule has 1 saturated carbocycles. The Morgan fingerprint density at radius 3 is 2.72 bits per heavy atom. The van der Waals surface area contributed by atoms with Crippen LogP contribution in [0.15, 0.2) is 0 Å². The van der Waals surface area contributed by atoms with Crippen molar-refractivity contribution in [2.24, 2.45) is 5.41 Å². The minimum absolute atomic E-state index is 0.0836. The van der Waals surface area contributed by atoms with Crippen molar-refractivity contribution < 1.29 is 4.79 Å². The molecule has 0 bridgehead atoms. The van der Waals surface area contributed by atoms with Crippen molar-refractivity contribution in [1.29, 1.82) is 0 Å². The number of hydrogen-bond acceptors (Lipinski definition) is 4. The largest absolute Gasteiger partial charge is 0.367 e. The van der Waals surface area contributed by atoms with E-state index in [0.717, 1.165) is 25.7 Å². The molecule has 3 rings (SSSR count). The van der Waals surface area contributed by atoms with Gasteiger partial charge in [0.2, 0.25) is 11.2 Å². The highest BCUT2D eigenvalue weighted by atomic mass is 35.5. The summed E-state index contributed by atoms with van der Waals surface area (Å²) in [7, 11) is 0. The van der Waals surface area contributed by atoms with Crippen LogP contribution in [0, 0.1) is 12.3 Å². The normalized spacial score (nSPS) is 21.1. The molecule has 1 spiro atoms. The van der Waals surface area contributed by atoms with Gasteiger partial charge in [0.1, 0.15) is 5.69 Å². The van der Waals surface area contributed by atoms with E-state index >= 15 is 0 Å². The van der Waals surface area contributed by atoms with Crippen molar-refractivity contribution >= 4 is 29.0 Å². The van der Waals surface area contributed by atoms with E-state index in [4.69, 9.17) is 11.6 Å². The van der Waals surface area contributed by atoms with Gasteiger partial charge in [0.05, 0.1) is 11.1 Å². The first-order valence-electron chi connectivity index (χ1n) is 6.20. The number of aromatic nitrogens is 2. The Balaban J connectivity index is 2.01. The molecule has 96 valence electrons. The maximum Gasteiger partial charge on any atom is 0.232 e. The van der Waals surface area contributed by atoms with Crippen LogP contribution in [0.2, 0.25) is 5.28 Å². The second-order valence-corrected chi connectivity index (χ2v) is 5.43. The van der Waals surface area contributed by atoms with Crippen LogP contribution in [0.4, 0.5) is 11.5 Å². The van der Waals surface area contributed by atoms with Gasteiger partial charge in [0.15, 0.2) is 5.82 Å². The van der Waals surface area contributed by atoms with Gasteiger partial charge in [0.25, 0.3) is 0 Å². The summed E-state index contributed by atoms with van der Waals surface area (Å²) in [6, 6.07) is 0. The number of halogens is 1. The smallest absolute Gasteiger partial charge is 0.232 e. The van der Waals surface area contributed by atoms with E-state index in [1.165, 1.54) is 0 Å². The maximum absolute atomic E-state index is 12.4. The van der Waals surface area contributed by atoms with Crippen LogP contribution in [0.25, 0.3) is 0 Å². The zero-order valence-corrected chi connectivity index (χ0v) is 11.0. The van der Waals surface area contributed by atoms with Crippen molar-refractivity contribution in [3.05, 3.63) is 11.0 Å². The zero-order valence-electron chi connectivity index (χ0n) is 10.2. The fraction of sp³-hybridized carbons (Fsp3) is 0.583. The lowest BCUT2D eigenvalue weighted by molar-refractivity contribution is -0.124. The van der Waals surface area contributed by atoms with E-state index in [9.17, 15) is 4.79 Å². The first-order valence-corrected chi connectivity index (χ1v) is 6.58. The van der Waals surface area contributed by atoms with Gasteiger partial charge in [-0.3, -0.25) is 4.79 Å². The Morgan fingerprint density at radius 1 is 1.28 bits per heavy atom. The van der Waals surface area contributed by atoms with Crippen LogP contribution in [-0.2, 0) is 4.79 Å². The molecule has 2 heterocycles. The Hall–Kier alpha value is -1.36. The minimum Gasteiger partial charge on any atom is -0.367 e. The third-order valence-electron chi connectivity index (χ3n) is 3.94. The van der Waals surface area contributed by atoms with E-state index in [-0.39, 0.29) is 16.6 Å². The third kappa shape index (κ3) is 1.73. The Bertz CT molecular complexity index is 511. The number of nitrogens with zero attached hydrogens (tertiary/aromatic N) is 2. The van der Waals surface area contributed by atoms with Gasteiger partial charge in [-0.15, -0.1) is 0 Å². The van der Waals surface area contributed by atoms with E-state index in [0.29, 0.717) is 23.7 Å². The number of aryl methyl sites for hydroxylation is 1. The molecule has 1 aromatic heterocycles. The van der Waals surface area contributed by atoms with Crippen molar-refractivity contribution in [2.45, 2.75) is 32.6 Å². The van der Waals surface area contributed by atoms with Crippen molar-refractivity contribution in [3.63, 3.8) is 0 Å². The molecule has 2 N–H and O–H groups in total. The topological polar surface area (TPSA) is 66.9 Å². The van der Waals surface area contributed by atoms with Gasteiger partial charge in [0, 0.05) is 6.54 Å². The first-order chi connectivity index (χ1) is 8.61. The SMILES string of the molecule is Cc1nc(Cl)nc2c1NC(=O)C1(CCCC1)CN2. The number of amides is 1. The Kier molecular flexibility index (Phi) is 2.66. The number of nitrogens with one attached hydrogen (secondary N) is 2. The summed E-state index contributed by atoms with van der Waals surface area (Å²) in [5.74, 6) is 0.713. The Morgan fingerprint density at radius 2 is 2.00 bits per heavy atom. The van der Waals surface area contributed by atoms with Gasteiger partial charge in [-0.25, -0.2) is 4.98 Å². The Labute approximate surface area is 110 Å². The van der Waals surface area contributed by atoms with Crippen molar-refractivity contribution in [2.75, 3.05) is 17.2 Å². The quantitative estimate of drug-likeness (QED) is 0.708. The predicted octanol–water partition coefficient (Wildman–Crippen LogP) is 2.36. The molecule has 0 unspecified atom stereocenters. The van der Waals surface area contributed by atoms with Crippen LogP contribution in [0.3, 0.4) is 0 Å². The summed E-state index contributed by atoms with van der Waals surface area (Å²) < 4.78 is 0. The average molecular weight is 267 g/mol. The molecule has 18 heavy (non-hydrogen) atoms. The van der Waals surface area contributed by atoms with E-state index < -0.39 is 0 Å². The number of rotatable bonds is 0. The lowest BCUT2D eigenvalue weighted by Crippen LogP contribution is -2.37. The molecule has 1 fully saturated rings. The van der Waals surface area contributed by atoms with E-state index in [1.807, 2.05) is 6.92 Å². The van der Waals surface area contributed by atoms with Gasteiger partial charge in [-0.1, -0.05) is 12.8 Å². The number of fused-ring (bicyclic) bond motifs is 1. The van der Waals surface area contributed by atoms with E-state index in [1.54, 1.807) is 0 Å². The molecule has 2 aliphatic rings. The molecule has 1 aliphatic carbocycles. The molecule has 0 radical (unpaired) electrons. The first kappa shape index (κ1) is 11.7. The molecule has 1 aromatic rings. The van der Waals surface area contributed by atoms with Crippen LogP contribution in [0.5, 0.6) is 0 Å². The minimum atomic E-state index is -0.292. The van der Waals surface area contributed by atoms with Crippen LogP contribution >= 0.6 is 11.6 Å². The highest BCUT2D eigenvalue weighted by molar-refractivity contribution is 6.28. The second kappa shape index (κ2) is 4.09. The van der Waals surface area contributed by atoms with Crippen LogP contribution in [0.1, 0.15) is 31.4 Å². The highest BCUT2D eigenvalue weighted by Crippen LogP contribution is 2.42. The van der Waals surface area contributed by atoms with Gasteiger partial charge in [-0.05, 0) is 31.4 Å². The van der Waals surface area contributed by atoms with Crippen molar-refractivity contribution in [1.82, 2.24) is 9.97 Å². The third-order valence-corrected chi connectivity index (χ3v) is 4.11. The van der Waals surface area contributed by atoms with Crippen LogP contribution < -0.4 is 10.6 Å². The lowest BCUT2D eigenvalue weighted by Gasteiger charge is -2.24. The molecular weight excluding hydrogens is 252 g/mol. The molecule has 1 aliphatic heterocycles. The number of carbonyl (C=O) groups excluding carboxylic acids is 1. The molecular formula is C12H15ClN4O.